The van der Waals surface area contributed by atoms with Gasteiger partial charge in [-0.3, -0.25) is 4.79 Å². The molecule has 0 aliphatic carbocycles. The first kappa shape index (κ1) is 14.0. The van der Waals surface area contributed by atoms with Gasteiger partial charge in [0.25, 0.3) is 5.91 Å². The van der Waals surface area contributed by atoms with Gasteiger partial charge in [-0.1, -0.05) is 0 Å². The summed E-state index contributed by atoms with van der Waals surface area (Å²) in [5, 5.41) is 2.37. The standard InChI is InChI=1S/C15H10BrF2NO2/c16-10-6-12(18)13(7-11(10)17)19-15(20)9-1-2-14-8(5-9)3-4-21-14/h1-2,5-7H,3-4H2,(H,19,20). The third kappa shape index (κ3) is 2.76. The highest BCUT2D eigenvalue weighted by Crippen LogP contribution is 2.27. The van der Waals surface area contributed by atoms with Crippen LogP contribution in [0.25, 0.3) is 0 Å². The summed E-state index contributed by atoms with van der Waals surface area (Å²) in [4.78, 5) is 12.1. The van der Waals surface area contributed by atoms with Gasteiger partial charge in [-0.25, -0.2) is 8.78 Å². The number of fused-ring (bicyclic) bond motifs is 1. The Morgan fingerprint density at radius 2 is 2.00 bits per heavy atom. The molecule has 1 N–H and O–H groups in total. The summed E-state index contributed by atoms with van der Waals surface area (Å²) in [6, 6.07) is 6.91. The van der Waals surface area contributed by atoms with Gasteiger partial charge < -0.3 is 10.1 Å². The fourth-order valence-corrected chi connectivity index (χ4v) is 2.46. The Morgan fingerprint density at radius 1 is 1.19 bits per heavy atom. The number of ether oxygens (including phenoxy) is 1. The van der Waals surface area contributed by atoms with Gasteiger partial charge in [0, 0.05) is 18.1 Å². The molecule has 0 saturated carbocycles. The van der Waals surface area contributed by atoms with Gasteiger partial charge in [0.15, 0.2) is 0 Å². The van der Waals surface area contributed by atoms with Gasteiger partial charge in [0.2, 0.25) is 0 Å². The van der Waals surface area contributed by atoms with E-state index in [2.05, 4.69) is 21.2 Å². The molecule has 21 heavy (non-hydrogen) atoms. The van der Waals surface area contributed by atoms with Gasteiger partial charge in [-0.15, -0.1) is 0 Å². The third-order valence-corrected chi connectivity index (χ3v) is 3.82. The highest BCUT2D eigenvalue weighted by molar-refractivity contribution is 9.10. The molecule has 108 valence electrons. The highest BCUT2D eigenvalue weighted by Gasteiger charge is 2.16. The number of hydrogen-bond acceptors (Lipinski definition) is 2. The van der Waals surface area contributed by atoms with Crippen LogP contribution in [0.1, 0.15) is 15.9 Å². The fraction of sp³-hybridized carbons (Fsp3) is 0.133. The highest BCUT2D eigenvalue weighted by atomic mass is 79.9. The SMILES string of the molecule is O=C(Nc1cc(F)c(Br)cc1F)c1ccc2c(c1)CCO2. The minimum absolute atomic E-state index is 0.00711. The molecule has 6 heteroatoms. The largest absolute Gasteiger partial charge is 0.493 e. The van der Waals surface area contributed by atoms with Crippen LogP contribution in [0.5, 0.6) is 5.75 Å². The van der Waals surface area contributed by atoms with Crippen molar-refractivity contribution in [2.45, 2.75) is 6.42 Å². The summed E-state index contributed by atoms with van der Waals surface area (Å²) >= 11 is 2.88. The van der Waals surface area contributed by atoms with Gasteiger partial charge in [0.1, 0.15) is 17.4 Å². The molecule has 0 unspecified atom stereocenters. The Balaban J connectivity index is 1.85. The van der Waals surface area contributed by atoms with Crippen LogP contribution in [0.2, 0.25) is 0 Å². The van der Waals surface area contributed by atoms with Crippen molar-refractivity contribution in [2.24, 2.45) is 0 Å². The lowest BCUT2D eigenvalue weighted by atomic mass is 10.1. The van der Waals surface area contributed by atoms with Crippen molar-refractivity contribution in [3.05, 3.63) is 57.6 Å². The molecular formula is C15H10BrF2NO2. The molecule has 3 nitrogen and oxygen atoms in total. The molecule has 3 rings (SSSR count). The van der Waals surface area contributed by atoms with E-state index in [1.165, 1.54) is 0 Å². The van der Waals surface area contributed by atoms with E-state index in [1.54, 1.807) is 18.2 Å². The average molecular weight is 354 g/mol. The quantitative estimate of drug-likeness (QED) is 0.831. The first-order chi connectivity index (χ1) is 10.0. The zero-order valence-electron chi connectivity index (χ0n) is 10.8. The molecule has 0 aromatic heterocycles. The van der Waals surface area contributed by atoms with Crippen LogP contribution < -0.4 is 10.1 Å². The molecule has 2 aromatic rings. The minimum Gasteiger partial charge on any atom is -0.493 e. The second-order valence-corrected chi connectivity index (χ2v) is 5.48. The van der Waals surface area contributed by atoms with Gasteiger partial charge in [0.05, 0.1) is 16.8 Å². The van der Waals surface area contributed by atoms with Crippen LogP contribution in [-0.2, 0) is 6.42 Å². The van der Waals surface area contributed by atoms with Gasteiger partial charge >= 0.3 is 0 Å². The summed E-state index contributed by atoms with van der Waals surface area (Å²) in [5.41, 5.74) is 1.12. The van der Waals surface area contributed by atoms with Crippen molar-refractivity contribution >= 4 is 27.5 Å². The number of carbonyl (C=O) groups is 1. The molecule has 1 amide bonds. The van der Waals surface area contributed by atoms with Crippen molar-refractivity contribution in [1.29, 1.82) is 0 Å². The molecule has 1 aliphatic rings. The molecule has 0 fully saturated rings. The number of rotatable bonds is 2. The summed E-state index contributed by atoms with van der Waals surface area (Å²) < 4.78 is 32.5. The Labute approximate surface area is 128 Å². The van der Waals surface area contributed by atoms with Crippen LogP contribution in [0.3, 0.4) is 0 Å². The average Bonchev–Trinajstić information content (AvgIpc) is 2.92. The zero-order valence-corrected chi connectivity index (χ0v) is 12.3. The maximum atomic E-state index is 13.7. The molecule has 1 aliphatic heterocycles. The lowest BCUT2D eigenvalue weighted by Crippen LogP contribution is -2.13. The summed E-state index contributed by atoms with van der Waals surface area (Å²) in [5.74, 6) is -1.09. The Bertz CT molecular complexity index is 734. The molecular weight excluding hydrogens is 344 g/mol. The second kappa shape index (κ2) is 5.44. The molecule has 0 spiro atoms. The predicted molar refractivity (Wildman–Crippen MR) is 77.7 cm³/mol. The third-order valence-electron chi connectivity index (χ3n) is 3.21. The van der Waals surface area contributed by atoms with Crippen molar-refractivity contribution in [1.82, 2.24) is 0 Å². The summed E-state index contributed by atoms with van der Waals surface area (Å²) in [6.45, 7) is 0.590. The Morgan fingerprint density at radius 3 is 2.81 bits per heavy atom. The summed E-state index contributed by atoms with van der Waals surface area (Å²) in [7, 11) is 0. The van der Waals surface area contributed by atoms with Crippen LogP contribution in [0.4, 0.5) is 14.5 Å². The number of nitrogens with one attached hydrogen (secondary N) is 1. The monoisotopic (exact) mass is 353 g/mol. The van der Waals surface area contributed by atoms with Crippen molar-refractivity contribution in [3.8, 4) is 5.75 Å². The van der Waals surface area contributed by atoms with Crippen molar-refractivity contribution in [3.63, 3.8) is 0 Å². The maximum Gasteiger partial charge on any atom is 0.255 e. The van der Waals surface area contributed by atoms with Crippen LogP contribution >= 0.6 is 15.9 Å². The lowest BCUT2D eigenvalue weighted by molar-refractivity contribution is 0.102. The van der Waals surface area contributed by atoms with Crippen LogP contribution in [-0.4, -0.2) is 12.5 Å². The Kier molecular flexibility index (Phi) is 3.63. The number of carbonyl (C=O) groups excluding carboxylic acids is 1. The molecule has 1 heterocycles. The van der Waals surface area contributed by atoms with E-state index in [-0.39, 0.29) is 10.2 Å². The second-order valence-electron chi connectivity index (χ2n) is 4.62. The Hall–Kier alpha value is -1.95. The maximum absolute atomic E-state index is 13.7. The molecule has 0 bridgehead atoms. The van der Waals surface area contributed by atoms with E-state index >= 15 is 0 Å². The predicted octanol–water partition coefficient (Wildman–Crippen LogP) is 3.91. The lowest BCUT2D eigenvalue weighted by Gasteiger charge is -2.08. The number of anilines is 1. The van der Waals surface area contributed by atoms with E-state index in [9.17, 15) is 13.6 Å². The summed E-state index contributed by atoms with van der Waals surface area (Å²) in [6.07, 6.45) is 0.734. The molecule has 0 saturated heterocycles. The minimum atomic E-state index is -0.707. The van der Waals surface area contributed by atoms with Gasteiger partial charge in [-0.05, 0) is 45.8 Å². The first-order valence-electron chi connectivity index (χ1n) is 6.26. The van der Waals surface area contributed by atoms with E-state index in [0.29, 0.717) is 12.2 Å². The number of benzene rings is 2. The topological polar surface area (TPSA) is 38.3 Å². The van der Waals surface area contributed by atoms with Gasteiger partial charge in [-0.2, -0.15) is 0 Å². The first-order valence-corrected chi connectivity index (χ1v) is 7.05. The fourth-order valence-electron chi connectivity index (χ4n) is 2.14. The number of amides is 1. The van der Waals surface area contributed by atoms with E-state index in [4.69, 9.17) is 4.74 Å². The molecule has 0 radical (unpaired) electrons. The van der Waals surface area contributed by atoms with E-state index in [0.717, 1.165) is 29.9 Å². The van der Waals surface area contributed by atoms with Crippen molar-refractivity contribution < 1.29 is 18.3 Å². The van der Waals surface area contributed by atoms with Crippen LogP contribution in [0, 0.1) is 11.6 Å². The van der Waals surface area contributed by atoms with Crippen molar-refractivity contribution in [2.75, 3.05) is 11.9 Å². The smallest absolute Gasteiger partial charge is 0.255 e. The number of halogens is 3. The molecule has 2 aromatic carbocycles. The zero-order chi connectivity index (χ0) is 15.0. The molecule has 0 atom stereocenters. The van der Waals surface area contributed by atoms with E-state index in [1.807, 2.05) is 0 Å². The normalized spacial score (nSPS) is 12.7. The van der Waals surface area contributed by atoms with E-state index < -0.39 is 17.5 Å². The number of hydrogen-bond donors (Lipinski definition) is 1. The van der Waals surface area contributed by atoms with Crippen LogP contribution in [0.15, 0.2) is 34.8 Å².